The number of hydrogen-bond acceptors (Lipinski definition) is 1. The van der Waals surface area contributed by atoms with Gasteiger partial charge in [-0.1, -0.05) is 39.3 Å². The van der Waals surface area contributed by atoms with E-state index in [0.29, 0.717) is 11.8 Å². The largest absolute Gasteiger partial charge is 0.329 e. The maximum Gasteiger partial charge on any atom is 0.329 e. The van der Waals surface area contributed by atoms with Crippen molar-refractivity contribution in [3.63, 3.8) is 0 Å². The van der Waals surface area contributed by atoms with Crippen LogP contribution in [-0.2, 0) is 4.57 Å². The first kappa shape index (κ1) is 15.9. The molecule has 0 radical (unpaired) electrons. The molecule has 0 spiro atoms. The van der Waals surface area contributed by atoms with E-state index in [4.69, 9.17) is 9.79 Å². The zero-order chi connectivity index (χ0) is 14.0. The molecule has 3 nitrogen and oxygen atoms in total. The van der Waals surface area contributed by atoms with Crippen molar-refractivity contribution in [2.24, 2.45) is 17.3 Å². The molecular formula is C14H27O3P. The Morgan fingerprint density at radius 1 is 1.39 bits per heavy atom. The van der Waals surface area contributed by atoms with Crippen LogP contribution in [0.4, 0.5) is 0 Å². The molecule has 0 aliphatic heterocycles. The normalized spacial score (nSPS) is 24.2. The minimum Gasteiger partial charge on any atom is -0.324 e. The Bertz CT molecular complexity index is 350. The Kier molecular flexibility index (Phi) is 5.22. The first-order valence-corrected chi connectivity index (χ1v) is 8.79. The second-order valence-electron chi connectivity index (χ2n) is 5.95. The zero-order valence-electron chi connectivity index (χ0n) is 12.0. The number of rotatable bonds is 5. The molecule has 2 N–H and O–H groups in total. The Morgan fingerprint density at radius 2 is 1.94 bits per heavy atom. The molecule has 1 atom stereocenters. The molecule has 0 saturated carbocycles. The molecule has 0 aromatic rings. The summed E-state index contributed by atoms with van der Waals surface area (Å²) in [4.78, 5) is 18.3. The third-order valence-electron chi connectivity index (χ3n) is 4.54. The highest BCUT2D eigenvalue weighted by atomic mass is 31.2. The lowest BCUT2D eigenvalue weighted by molar-refractivity contribution is 0.133. The van der Waals surface area contributed by atoms with Gasteiger partial charge in [0.25, 0.3) is 0 Å². The fourth-order valence-corrected chi connectivity index (χ4v) is 4.36. The van der Waals surface area contributed by atoms with Crippen molar-refractivity contribution in [3.8, 4) is 0 Å². The van der Waals surface area contributed by atoms with E-state index in [1.54, 1.807) is 0 Å². The van der Waals surface area contributed by atoms with Crippen LogP contribution in [0, 0.1) is 17.3 Å². The molecule has 1 rings (SSSR count). The van der Waals surface area contributed by atoms with Gasteiger partial charge in [-0.2, -0.15) is 0 Å². The maximum atomic E-state index is 11.2. The molecule has 0 aromatic heterocycles. The summed E-state index contributed by atoms with van der Waals surface area (Å²) in [6.07, 6.45) is 6.15. The molecule has 0 saturated heterocycles. The van der Waals surface area contributed by atoms with Gasteiger partial charge in [-0.15, -0.1) is 0 Å². The molecule has 18 heavy (non-hydrogen) atoms. The second kappa shape index (κ2) is 5.90. The number of hydrogen-bond donors (Lipinski definition) is 2. The minimum absolute atomic E-state index is 0.0560. The molecule has 106 valence electrons. The predicted octanol–water partition coefficient (Wildman–Crippen LogP) is 3.96. The highest BCUT2D eigenvalue weighted by Crippen LogP contribution is 2.50. The molecule has 0 heterocycles. The summed E-state index contributed by atoms with van der Waals surface area (Å²) in [5.41, 5.74) is 1.10. The summed E-state index contributed by atoms with van der Waals surface area (Å²) in [5.74, 6) is 1.26. The average Bonchev–Trinajstić information content (AvgIpc) is 2.26. The Balaban J connectivity index is 3.03. The average molecular weight is 274 g/mol. The van der Waals surface area contributed by atoms with Crippen LogP contribution in [0.25, 0.3) is 0 Å². The quantitative estimate of drug-likeness (QED) is 0.589. The fraction of sp³-hybridized carbons (Fsp3) is 0.857. The van der Waals surface area contributed by atoms with Crippen molar-refractivity contribution in [1.29, 1.82) is 0 Å². The summed E-state index contributed by atoms with van der Waals surface area (Å²) in [7, 11) is -3.92. The van der Waals surface area contributed by atoms with Crippen LogP contribution in [0.15, 0.2) is 11.6 Å². The standard InChI is InChI=1S/C14H27O3P/c1-5-14(6-2)9-12(10-18(15,16)17)7-8-13(14)11(3)4/h9,11,13H,5-8,10H2,1-4H3,(H2,15,16,17). The second-order valence-corrected chi connectivity index (χ2v) is 7.60. The van der Waals surface area contributed by atoms with Crippen LogP contribution >= 0.6 is 7.60 Å². The number of allylic oxidation sites excluding steroid dienone is 2. The SMILES string of the molecule is CCC1(CC)C=C(CP(=O)(O)O)CCC1C(C)C. The van der Waals surface area contributed by atoms with Crippen LogP contribution in [0.5, 0.6) is 0 Å². The van der Waals surface area contributed by atoms with Gasteiger partial charge in [0, 0.05) is 0 Å². The van der Waals surface area contributed by atoms with Crippen molar-refractivity contribution in [2.75, 3.05) is 6.16 Å². The van der Waals surface area contributed by atoms with Crippen LogP contribution in [0.3, 0.4) is 0 Å². The van der Waals surface area contributed by atoms with Crippen LogP contribution in [-0.4, -0.2) is 15.9 Å². The van der Waals surface area contributed by atoms with E-state index in [0.717, 1.165) is 31.3 Å². The predicted molar refractivity (Wildman–Crippen MR) is 75.6 cm³/mol. The maximum absolute atomic E-state index is 11.2. The molecular weight excluding hydrogens is 247 g/mol. The van der Waals surface area contributed by atoms with Gasteiger partial charge < -0.3 is 9.79 Å². The van der Waals surface area contributed by atoms with E-state index in [1.807, 2.05) is 0 Å². The summed E-state index contributed by atoms with van der Waals surface area (Å²) >= 11 is 0. The van der Waals surface area contributed by atoms with E-state index >= 15 is 0 Å². The van der Waals surface area contributed by atoms with Crippen molar-refractivity contribution < 1.29 is 14.4 Å². The van der Waals surface area contributed by atoms with Crippen molar-refractivity contribution in [2.45, 2.75) is 53.4 Å². The van der Waals surface area contributed by atoms with Gasteiger partial charge in [0.1, 0.15) is 0 Å². The molecule has 1 unspecified atom stereocenters. The third-order valence-corrected chi connectivity index (χ3v) is 5.35. The van der Waals surface area contributed by atoms with Crippen molar-refractivity contribution in [3.05, 3.63) is 11.6 Å². The summed E-state index contributed by atoms with van der Waals surface area (Å²) in [5, 5.41) is 0. The molecule has 0 fully saturated rings. The van der Waals surface area contributed by atoms with E-state index in [1.165, 1.54) is 0 Å². The van der Waals surface area contributed by atoms with E-state index in [9.17, 15) is 4.57 Å². The van der Waals surface area contributed by atoms with Gasteiger partial charge in [0.15, 0.2) is 0 Å². The van der Waals surface area contributed by atoms with Gasteiger partial charge in [0.2, 0.25) is 0 Å². The fourth-order valence-electron chi connectivity index (χ4n) is 3.58. The molecule has 1 aliphatic carbocycles. The summed E-state index contributed by atoms with van der Waals surface area (Å²) in [6.45, 7) is 8.89. The van der Waals surface area contributed by atoms with E-state index in [-0.39, 0.29) is 11.6 Å². The lowest BCUT2D eigenvalue weighted by Crippen LogP contribution is -2.34. The van der Waals surface area contributed by atoms with Crippen molar-refractivity contribution >= 4 is 7.60 Å². The monoisotopic (exact) mass is 274 g/mol. The Labute approximate surface area is 111 Å². The lowest BCUT2D eigenvalue weighted by atomic mass is 9.61. The molecule has 1 aliphatic rings. The first-order valence-electron chi connectivity index (χ1n) is 6.99. The Morgan fingerprint density at radius 3 is 2.33 bits per heavy atom. The molecule has 0 bridgehead atoms. The van der Waals surface area contributed by atoms with E-state index in [2.05, 4.69) is 33.8 Å². The van der Waals surface area contributed by atoms with Gasteiger partial charge >= 0.3 is 7.60 Å². The van der Waals surface area contributed by atoms with Crippen LogP contribution in [0.1, 0.15) is 53.4 Å². The third kappa shape index (κ3) is 3.69. The van der Waals surface area contributed by atoms with Crippen molar-refractivity contribution in [1.82, 2.24) is 0 Å². The highest BCUT2D eigenvalue weighted by molar-refractivity contribution is 7.52. The van der Waals surface area contributed by atoms with Gasteiger partial charge in [-0.3, -0.25) is 4.57 Å². The van der Waals surface area contributed by atoms with Crippen LogP contribution < -0.4 is 0 Å². The molecule has 4 heteroatoms. The van der Waals surface area contributed by atoms with E-state index < -0.39 is 7.60 Å². The topological polar surface area (TPSA) is 57.5 Å². The first-order chi connectivity index (χ1) is 8.24. The van der Waals surface area contributed by atoms with Gasteiger partial charge in [-0.05, 0) is 42.9 Å². The summed E-state index contributed by atoms with van der Waals surface area (Å²) < 4.78 is 11.2. The molecule has 0 aromatic carbocycles. The minimum atomic E-state index is -3.92. The zero-order valence-corrected chi connectivity index (χ0v) is 12.9. The summed E-state index contributed by atoms with van der Waals surface area (Å²) in [6, 6.07) is 0. The van der Waals surface area contributed by atoms with Gasteiger partial charge in [0.05, 0.1) is 6.16 Å². The smallest absolute Gasteiger partial charge is 0.324 e. The van der Waals surface area contributed by atoms with Crippen LogP contribution in [0.2, 0.25) is 0 Å². The highest BCUT2D eigenvalue weighted by Gasteiger charge is 2.39. The van der Waals surface area contributed by atoms with Gasteiger partial charge in [-0.25, -0.2) is 0 Å². The molecule has 0 amide bonds. The Hall–Kier alpha value is -0.110. The lowest BCUT2D eigenvalue weighted by Gasteiger charge is -2.44.